The Morgan fingerprint density at radius 2 is 2.12 bits per heavy atom. The summed E-state index contributed by atoms with van der Waals surface area (Å²) in [6, 6.07) is 1.91. The van der Waals surface area contributed by atoms with Gasteiger partial charge >= 0.3 is 0 Å². The van der Waals surface area contributed by atoms with Crippen LogP contribution in [-0.4, -0.2) is 33.7 Å². The SMILES string of the molecule is [CH2-]N(C[CH-]c1cc(C)nc(C)n1)CC(C)=O.[Y]. The average molecular weight is 308 g/mol. The second-order valence-electron chi connectivity index (χ2n) is 3.90. The third kappa shape index (κ3) is 6.86. The maximum atomic E-state index is 10.9. The first-order valence-corrected chi connectivity index (χ1v) is 5.18. The minimum absolute atomic E-state index is 0. The molecule has 0 N–H and O–H groups in total. The molecule has 0 bridgehead atoms. The minimum atomic E-state index is 0. The molecule has 1 heterocycles. The van der Waals surface area contributed by atoms with Crippen LogP contribution in [0.2, 0.25) is 0 Å². The Labute approximate surface area is 128 Å². The number of carbonyl (C=O) groups is 1. The van der Waals surface area contributed by atoms with Crippen LogP contribution in [-0.2, 0) is 37.5 Å². The number of ketones is 1. The van der Waals surface area contributed by atoms with Crippen molar-refractivity contribution in [1.29, 1.82) is 0 Å². The van der Waals surface area contributed by atoms with E-state index in [1.54, 1.807) is 11.8 Å². The zero-order valence-electron chi connectivity index (χ0n) is 10.6. The molecular weight excluding hydrogens is 291 g/mol. The van der Waals surface area contributed by atoms with Crippen molar-refractivity contribution in [3.8, 4) is 0 Å². The monoisotopic (exact) mass is 308 g/mol. The van der Waals surface area contributed by atoms with Crippen LogP contribution in [0.25, 0.3) is 0 Å². The van der Waals surface area contributed by atoms with Crippen molar-refractivity contribution >= 4 is 5.78 Å². The number of Topliss-reactive ketones (excluding diaryl/α,β-unsaturated/α-hetero) is 1. The summed E-state index contributed by atoms with van der Waals surface area (Å²) >= 11 is 0. The van der Waals surface area contributed by atoms with Crippen LogP contribution in [0, 0.1) is 27.3 Å². The summed E-state index contributed by atoms with van der Waals surface area (Å²) in [6.45, 7) is 6.32. The van der Waals surface area contributed by atoms with Crippen LogP contribution in [0.5, 0.6) is 0 Å². The maximum Gasteiger partial charge on any atom is 0.141 e. The Bertz CT molecular complexity index is 362. The molecule has 5 heteroatoms. The first-order chi connectivity index (χ1) is 7.47. The zero-order valence-corrected chi connectivity index (χ0v) is 13.4. The summed E-state index contributed by atoms with van der Waals surface area (Å²) in [4.78, 5) is 21.0. The molecule has 0 amide bonds. The summed E-state index contributed by atoms with van der Waals surface area (Å²) in [7, 11) is 3.78. The first-order valence-electron chi connectivity index (χ1n) is 5.18. The third-order valence-corrected chi connectivity index (χ3v) is 1.99. The van der Waals surface area contributed by atoms with E-state index in [0.29, 0.717) is 13.1 Å². The van der Waals surface area contributed by atoms with Crippen molar-refractivity contribution in [1.82, 2.24) is 14.9 Å². The standard InChI is InChI=1S/C12H17N3O.Y/c1-9-7-12(14-11(3)13-9)5-6-15(4)8-10(2)16;/h5,7H,4,6,8H2,1-3H3;/q-2;. The van der Waals surface area contributed by atoms with E-state index in [-0.39, 0.29) is 38.5 Å². The van der Waals surface area contributed by atoms with Gasteiger partial charge in [-0.15, -0.1) is 0 Å². The Morgan fingerprint density at radius 1 is 1.47 bits per heavy atom. The van der Waals surface area contributed by atoms with Gasteiger partial charge < -0.3 is 4.90 Å². The quantitative estimate of drug-likeness (QED) is 0.770. The van der Waals surface area contributed by atoms with Gasteiger partial charge in [0, 0.05) is 39.3 Å². The van der Waals surface area contributed by atoms with Gasteiger partial charge in [-0.1, -0.05) is 12.2 Å². The van der Waals surface area contributed by atoms with Gasteiger partial charge in [-0.2, -0.15) is 12.5 Å². The van der Waals surface area contributed by atoms with Crippen LogP contribution in [0.15, 0.2) is 6.07 Å². The van der Waals surface area contributed by atoms with Gasteiger partial charge in [-0.3, -0.25) is 21.8 Å². The largest absolute Gasteiger partial charge is 0.464 e. The van der Waals surface area contributed by atoms with Crippen molar-refractivity contribution in [2.45, 2.75) is 20.8 Å². The van der Waals surface area contributed by atoms with Crippen LogP contribution in [0.3, 0.4) is 0 Å². The van der Waals surface area contributed by atoms with Crippen molar-refractivity contribution in [3.63, 3.8) is 0 Å². The van der Waals surface area contributed by atoms with E-state index in [4.69, 9.17) is 0 Å². The number of nitrogens with zero attached hydrogens (tertiary/aromatic N) is 3. The second kappa shape index (κ2) is 7.90. The minimum Gasteiger partial charge on any atom is -0.464 e. The Balaban J connectivity index is 0.00000256. The molecule has 1 aromatic rings. The van der Waals surface area contributed by atoms with Crippen molar-refractivity contribution in [3.05, 3.63) is 36.7 Å². The van der Waals surface area contributed by atoms with Crippen LogP contribution in [0.4, 0.5) is 0 Å². The molecule has 0 aliphatic carbocycles. The summed E-state index contributed by atoms with van der Waals surface area (Å²) in [6.07, 6.45) is 1.94. The maximum absolute atomic E-state index is 10.9. The third-order valence-electron chi connectivity index (χ3n) is 1.99. The Hall–Kier alpha value is -0.316. The van der Waals surface area contributed by atoms with Gasteiger partial charge in [0.1, 0.15) is 11.6 Å². The van der Waals surface area contributed by atoms with Gasteiger partial charge in [0.25, 0.3) is 0 Å². The molecule has 0 atom stereocenters. The van der Waals surface area contributed by atoms with E-state index < -0.39 is 0 Å². The van der Waals surface area contributed by atoms with Gasteiger partial charge in [-0.05, 0) is 26.5 Å². The molecule has 1 rings (SSSR count). The van der Waals surface area contributed by atoms with Crippen LogP contribution >= 0.6 is 0 Å². The molecule has 0 spiro atoms. The van der Waals surface area contributed by atoms with Crippen molar-refractivity contribution in [2.75, 3.05) is 13.1 Å². The molecule has 0 fully saturated rings. The zero-order chi connectivity index (χ0) is 12.1. The normalized spacial score (nSPS) is 9.94. The molecule has 1 radical (unpaired) electrons. The van der Waals surface area contributed by atoms with Gasteiger partial charge in [0.2, 0.25) is 0 Å². The topological polar surface area (TPSA) is 46.1 Å². The Kier molecular flexibility index (Phi) is 7.76. The molecule has 0 unspecified atom stereocenters. The van der Waals surface area contributed by atoms with Crippen LogP contribution in [0.1, 0.15) is 24.1 Å². The molecule has 0 aliphatic rings. The van der Waals surface area contributed by atoms with Crippen molar-refractivity contribution < 1.29 is 37.5 Å². The average Bonchev–Trinajstić information content (AvgIpc) is 2.12. The predicted octanol–water partition coefficient (Wildman–Crippen LogP) is 1.33. The van der Waals surface area contributed by atoms with Crippen molar-refractivity contribution in [2.24, 2.45) is 0 Å². The predicted molar refractivity (Wildman–Crippen MR) is 62.5 cm³/mol. The number of aryl methyl sites for hydroxylation is 2. The smallest absolute Gasteiger partial charge is 0.141 e. The summed E-state index contributed by atoms with van der Waals surface area (Å²) in [5.74, 6) is 0.867. The fourth-order valence-electron chi connectivity index (χ4n) is 1.45. The van der Waals surface area contributed by atoms with Gasteiger partial charge in [0.05, 0.1) is 0 Å². The van der Waals surface area contributed by atoms with E-state index in [1.165, 1.54) is 0 Å². The molecule has 1 aromatic heterocycles. The van der Waals surface area contributed by atoms with E-state index in [1.807, 2.05) is 26.3 Å². The number of hydrogen-bond acceptors (Lipinski definition) is 4. The number of rotatable bonds is 5. The van der Waals surface area contributed by atoms with E-state index in [9.17, 15) is 4.79 Å². The van der Waals surface area contributed by atoms with E-state index in [0.717, 1.165) is 17.2 Å². The molecule has 0 aromatic carbocycles. The molecule has 0 saturated carbocycles. The summed E-state index contributed by atoms with van der Waals surface area (Å²) < 4.78 is 0. The Morgan fingerprint density at radius 3 is 2.65 bits per heavy atom. The summed E-state index contributed by atoms with van der Waals surface area (Å²) in [5, 5.41) is 0. The van der Waals surface area contributed by atoms with E-state index in [2.05, 4.69) is 17.0 Å². The molecule has 0 aliphatic heterocycles. The first kappa shape index (κ1) is 16.7. The number of carbonyl (C=O) groups excluding carboxylic acids is 1. The van der Waals surface area contributed by atoms with E-state index >= 15 is 0 Å². The second-order valence-corrected chi connectivity index (χ2v) is 3.90. The molecule has 91 valence electrons. The number of hydrogen-bond donors (Lipinski definition) is 0. The van der Waals surface area contributed by atoms with Gasteiger partial charge in [0.15, 0.2) is 0 Å². The fraction of sp³-hybridized carbons (Fsp3) is 0.417. The number of aromatic nitrogens is 2. The molecule has 0 saturated heterocycles. The molecule has 4 nitrogen and oxygen atoms in total. The molecular formula is C12H17N3OY-2. The van der Waals surface area contributed by atoms with Gasteiger partial charge in [-0.25, -0.2) is 0 Å². The van der Waals surface area contributed by atoms with Crippen LogP contribution < -0.4 is 0 Å². The fourth-order valence-corrected chi connectivity index (χ4v) is 1.45. The molecule has 17 heavy (non-hydrogen) atoms. The summed E-state index contributed by atoms with van der Waals surface area (Å²) in [5.41, 5.74) is 1.82.